The van der Waals surface area contributed by atoms with Crippen LogP contribution in [-0.4, -0.2) is 27.7 Å². The Labute approximate surface area is 136 Å². The van der Waals surface area contributed by atoms with Gasteiger partial charge >= 0.3 is 0 Å². The van der Waals surface area contributed by atoms with Crippen molar-refractivity contribution in [2.24, 2.45) is 5.92 Å². The van der Waals surface area contributed by atoms with Crippen molar-refractivity contribution >= 4 is 11.7 Å². The third-order valence-corrected chi connectivity index (χ3v) is 4.81. The van der Waals surface area contributed by atoms with E-state index in [0.717, 1.165) is 25.7 Å². The van der Waals surface area contributed by atoms with Crippen molar-refractivity contribution in [3.05, 3.63) is 35.5 Å². The summed E-state index contributed by atoms with van der Waals surface area (Å²) in [6.45, 7) is 3.55. The highest BCUT2D eigenvalue weighted by Crippen LogP contribution is 2.42. The molecule has 1 amide bonds. The number of nitrogens with zero attached hydrogens (tertiary/aromatic N) is 1. The molecule has 124 valence electrons. The summed E-state index contributed by atoms with van der Waals surface area (Å²) in [5.74, 6) is -0.797. The van der Waals surface area contributed by atoms with Gasteiger partial charge in [0, 0.05) is 12.0 Å². The highest BCUT2D eigenvalue weighted by Gasteiger charge is 2.47. The van der Waals surface area contributed by atoms with E-state index in [1.807, 2.05) is 0 Å². The topological polar surface area (TPSA) is 70.8 Å². The van der Waals surface area contributed by atoms with Crippen LogP contribution in [0.5, 0.6) is 0 Å². The van der Waals surface area contributed by atoms with E-state index in [-0.39, 0.29) is 23.3 Å². The molecule has 23 heavy (non-hydrogen) atoms. The Balaban J connectivity index is 2.03. The van der Waals surface area contributed by atoms with E-state index in [4.69, 9.17) is 4.42 Å². The Morgan fingerprint density at radius 3 is 2.57 bits per heavy atom. The number of carbonyl (C=O) groups is 2. The number of amides is 1. The van der Waals surface area contributed by atoms with Crippen molar-refractivity contribution in [2.75, 3.05) is 0 Å². The molecule has 3 rings (SSSR count). The van der Waals surface area contributed by atoms with Gasteiger partial charge in [0.15, 0.2) is 11.5 Å². The molecule has 1 aromatic heterocycles. The van der Waals surface area contributed by atoms with E-state index >= 15 is 0 Å². The summed E-state index contributed by atoms with van der Waals surface area (Å²) in [5.41, 5.74) is 0.186. The van der Waals surface area contributed by atoms with Gasteiger partial charge in [-0.2, -0.15) is 0 Å². The van der Waals surface area contributed by atoms with Gasteiger partial charge < -0.3 is 14.4 Å². The lowest BCUT2D eigenvalue weighted by Crippen LogP contribution is -2.41. The van der Waals surface area contributed by atoms with Gasteiger partial charge in [0.2, 0.25) is 0 Å². The highest BCUT2D eigenvalue weighted by molar-refractivity contribution is 6.09. The molecule has 2 aliphatic rings. The Morgan fingerprint density at radius 1 is 1.30 bits per heavy atom. The highest BCUT2D eigenvalue weighted by atomic mass is 16.3. The average molecular weight is 317 g/mol. The SMILES string of the molecule is CC(C)C(=O)C1=C(O)C(=O)N(C2CCCCC2)C1c1ccco1. The summed E-state index contributed by atoms with van der Waals surface area (Å²) < 4.78 is 5.50. The van der Waals surface area contributed by atoms with Gasteiger partial charge in [0.05, 0.1) is 11.8 Å². The fraction of sp³-hybridized carbons (Fsp3) is 0.556. The van der Waals surface area contributed by atoms with Crippen LogP contribution >= 0.6 is 0 Å². The molecule has 1 atom stereocenters. The summed E-state index contributed by atoms with van der Waals surface area (Å²) in [4.78, 5) is 26.9. The second kappa shape index (κ2) is 6.22. The second-order valence-corrected chi connectivity index (χ2v) is 6.70. The smallest absolute Gasteiger partial charge is 0.290 e. The first-order chi connectivity index (χ1) is 11.0. The third-order valence-electron chi connectivity index (χ3n) is 4.81. The van der Waals surface area contributed by atoms with Gasteiger partial charge in [-0.05, 0) is 25.0 Å². The van der Waals surface area contributed by atoms with Crippen LogP contribution in [0.1, 0.15) is 57.8 Å². The maximum absolute atomic E-state index is 12.7. The molecule has 1 aromatic rings. The fourth-order valence-corrected chi connectivity index (χ4v) is 3.65. The third kappa shape index (κ3) is 2.69. The number of ketones is 1. The number of aliphatic hydroxyl groups excluding tert-OH is 1. The summed E-state index contributed by atoms with van der Waals surface area (Å²) in [6.07, 6.45) is 6.63. The molecule has 1 aliphatic carbocycles. The summed E-state index contributed by atoms with van der Waals surface area (Å²) in [6, 6.07) is 2.95. The lowest BCUT2D eigenvalue weighted by atomic mass is 9.90. The van der Waals surface area contributed by atoms with Crippen LogP contribution in [0.4, 0.5) is 0 Å². The van der Waals surface area contributed by atoms with Crippen LogP contribution in [0.25, 0.3) is 0 Å². The Hall–Kier alpha value is -2.04. The molecule has 0 aromatic carbocycles. The quantitative estimate of drug-likeness (QED) is 0.922. The molecule has 5 nitrogen and oxygen atoms in total. The molecular formula is C18H23NO4. The Morgan fingerprint density at radius 2 is 2.00 bits per heavy atom. The molecule has 5 heteroatoms. The zero-order valence-electron chi connectivity index (χ0n) is 13.6. The van der Waals surface area contributed by atoms with Crippen LogP contribution < -0.4 is 0 Å². The Bertz CT molecular complexity index is 623. The molecule has 1 fully saturated rings. The van der Waals surface area contributed by atoms with Gasteiger partial charge in [0.1, 0.15) is 11.8 Å². The normalized spacial score (nSPS) is 23.2. The summed E-state index contributed by atoms with van der Waals surface area (Å²) in [7, 11) is 0. The van der Waals surface area contributed by atoms with E-state index in [1.165, 1.54) is 12.7 Å². The van der Waals surface area contributed by atoms with Gasteiger partial charge in [-0.25, -0.2) is 0 Å². The predicted octanol–water partition coefficient (Wildman–Crippen LogP) is 3.53. The van der Waals surface area contributed by atoms with E-state index in [0.29, 0.717) is 5.76 Å². The minimum Gasteiger partial charge on any atom is -0.503 e. The molecule has 1 aliphatic heterocycles. The zero-order chi connectivity index (χ0) is 16.6. The van der Waals surface area contributed by atoms with Crippen LogP contribution in [-0.2, 0) is 9.59 Å². The van der Waals surface area contributed by atoms with E-state index in [1.54, 1.807) is 30.9 Å². The first-order valence-electron chi connectivity index (χ1n) is 8.35. The van der Waals surface area contributed by atoms with E-state index < -0.39 is 17.7 Å². The van der Waals surface area contributed by atoms with Crippen LogP contribution in [0.2, 0.25) is 0 Å². The minimum atomic E-state index is -0.601. The first-order valence-corrected chi connectivity index (χ1v) is 8.35. The van der Waals surface area contributed by atoms with E-state index in [9.17, 15) is 14.7 Å². The van der Waals surface area contributed by atoms with Crippen LogP contribution in [0, 0.1) is 5.92 Å². The molecular weight excluding hydrogens is 294 g/mol. The first kappa shape index (κ1) is 15.8. The summed E-state index contributed by atoms with van der Waals surface area (Å²) >= 11 is 0. The average Bonchev–Trinajstić information content (AvgIpc) is 3.15. The van der Waals surface area contributed by atoms with Crippen LogP contribution in [0.15, 0.2) is 34.1 Å². The van der Waals surface area contributed by atoms with Gasteiger partial charge in [-0.15, -0.1) is 0 Å². The lowest BCUT2D eigenvalue weighted by molar-refractivity contribution is -0.132. The second-order valence-electron chi connectivity index (χ2n) is 6.70. The number of carbonyl (C=O) groups excluding carboxylic acids is 2. The Kier molecular flexibility index (Phi) is 4.28. The molecule has 2 heterocycles. The lowest BCUT2D eigenvalue weighted by Gasteiger charge is -2.35. The van der Waals surface area contributed by atoms with Gasteiger partial charge in [-0.1, -0.05) is 33.1 Å². The number of aliphatic hydroxyl groups is 1. The molecule has 0 bridgehead atoms. The molecule has 0 radical (unpaired) electrons. The van der Waals surface area contributed by atoms with Crippen molar-refractivity contribution in [2.45, 2.75) is 58.0 Å². The maximum atomic E-state index is 12.7. The van der Waals surface area contributed by atoms with Gasteiger partial charge in [0.25, 0.3) is 5.91 Å². The minimum absolute atomic E-state index is 0.0472. The fourth-order valence-electron chi connectivity index (χ4n) is 3.65. The molecule has 0 saturated heterocycles. The van der Waals surface area contributed by atoms with Crippen LogP contribution in [0.3, 0.4) is 0 Å². The molecule has 1 saturated carbocycles. The standard InChI is InChI=1S/C18H23NO4/c1-11(2)16(20)14-15(13-9-6-10-23-13)19(18(22)17(14)21)12-7-4-3-5-8-12/h6,9-12,15,21H,3-5,7-8H2,1-2H3. The zero-order valence-corrected chi connectivity index (χ0v) is 13.6. The number of Topliss-reactive ketones (excluding diaryl/α,β-unsaturated/α-hetero) is 1. The van der Waals surface area contributed by atoms with E-state index in [2.05, 4.69) is 0 Å². The van der Waals surface area contributed by atoms with Gasteiger partial charge in [-0.3, -0.25) is 9.59 Å². The summed E-state index contributed by atoms with van der Waals surface area (Å²) in [5, 5.41) is 10.4. The van der Waals surface area contributed by atoms with Crippen molar-refractivity contribution in [1.82, 2.24) is 4.90 Å². The van der Waals surface area contributed by atoms with Crippen molar-refractivity contribution in [1.29, 1.82) is 0 Å². The molecule has 1 N–H and O–H groups in total. The predicted molar refractivity (Wildman–Crippen MR) is 84.7 cm³/mol. The van der Waals surface area contributed by atoms with Crippen molar-refractivity contribution in [3.63, 3.8) is 0 Å². The number of hydrogen-bond acceptors (Lipinski definition) is 4. The molecule has 1 unspecified atom stereocenters. The maximum Gasteiger partial charge on any atom is 0.290 e. The molecule has 0 spiro atoms. The largest absolute Gasteiger partial charge is 0.503 e. The number of hydrogen-bond donors (Lipinski definition) is 1. The number of rotatable bonds is 4. The van der Waals surface area contributed by atoms with Crippen molar-refractivity contribution in [3.8, 4) is 0 Å². The number of furan rings is 1. The van der Waals surface area contributed by atoms with Crippen molar-refractivity contribution < 1.29 is 19.1 Å². The monoisotopic (exact) mass is 317 g/mol.